The highest BCUT2D eigenvalue weighted by molar-refractivity contribution is 7.90. The molecule has 1 fully saturated rings. The summed E-state index contributed by atoms with van der Waals surface area (Å²) in [6.07, 6.45) is 3.77. The van der Waals surface area contributed by atoms with Crippen LogP contribution in [0, 0.1) is 5.82 Å². The zero-order chi connectivity index (χ0) is 21.0. The normalized spacial score (nSPS) is 13.9. The predicted molar refractivity (Wildman–Crippen MR) is 109 cm³/mol. The minimum atomic E-state index is -3.24. The summed E-state index contributed by atoms with van der Waals surface area (Å²) in [5.41, 5.74) is 0.344. The van der Waals surface area contributed by atoms with Crippen LogP contribution >= 0.6 is 11.6 Å². The Kier molecular flexibility index (Phi) is 6.80. The van der Waals surface area contributed by atoms with Gasteiger partial charge in [0.15, 0.2) is 9.84 Å². The van der Waals surface area contributed by atoms with Gasteiger partial charge in [-0.1, -0.05) is 17.7 Å². The number of ether oxygens (including phenoxy) is 1. The Labute approximate surface area is 175 Å². The Bertz CT molecular complexity index is 954. The van der Waals surface area contributed by atoms with E-state index in [1.165, 1.54) is 18.2 Å². The lowest BCUT2D eigenvalue weighted by Gasteiger charge is -2.23. The molecule has 0 unspecified atom stereocenters. The first-order valence-corrected chi connectivity index (χ1v) is 11.7. The zero-order valence-corrected chi connectivity index (χ0v) is 17.7. The van der Waals surface area contributed by atoms with E-state index in [-0.39, 0.29) is 29.8 Å². The Morgan fingerprint density at radius 2 is 1.90 bits per heavy atom. The molecule has 0 spiro atoms. The number of hydrogen-bond acceptors (Lipinski definition) is 4. The molecule has 0 atom stereocenters. The lowest BCUT2D eigenvalue weighted by atomic mass is 10.1. The minimum absolute atomic E-state index is 0.0529. The van der Waals surface area contributed by atoms with Gasteiger partial charge >= 0.3 is 0 Å². The number of sulfone groups is 1. The van der Waals surface area contributed by atoms with Gasteiger partial charge in [-0.25, -0.2) is 12.8 Å². The predicted octanol–water partition coefficient (Wildman–Crippen LogP) is 4.23. The molecule has 8 heteroatoms. The van der Waals surface area contributed by atoms with Crippen molar-refractivity contribution in [3.05, 3.63) is 58.9 Å². The number of nitrogens with zero attached hydrogens (tertiary/aromatic N) is 1. The van der Waals surface area contributed by atoms with Gasteiger partial charge in [-0.05, 0) is 55.7 Å². The first-order chi connectivity index (χ1) is 13.8. The van der Waals surface area contributed by atoms with Crippen molar-refractivity contribution in [3.63, 3.8) is 0 Å². The summed E-state index contributed by atoms with van der Waals surface area (Å²) in [7, 11) is -3.24. The van der Waals surface area contributed by atoms with Crippen LogP contribution in [0.15, 0.2) is 47.4 Å². The second-order valence-corrected chi connectivity index (χ2v) is 9.57. The molecule has 29 heavy (non-hydrogen) atoms. The lowest BCUT2D eigenvalue weighted by Crippen LogP contribution is -2.33. The molecule has 1 saturated carbocycles. The maximum Gasteiger partial charge on any atom is 0.223 e. The average molecular weight is 440 g/mol. The second-order valence-electron chi connectivity index (χ2n) is 7.15. The summed E-state index contributed by atoms with van der Waals surface area (Å²) in [5.74, 6) is 0.0849. The van der Waals surface area contributed by atoms with E-state index in [0.29, 0.717) is 29.4 Å². The topological polar surface area (TPSA) is 63.7 Å². The third-order valence-corrected chi connectivity index (χ3v) is 6.24. The Balaban J connectivity index is 1.51. The lowest BCUT2D eigenvalue weighted by molar-refractivity contribution is -0.132. The fourth-order valence-electron chi connectivity index (χ4n) is 3.00. The SMILES string of the molecule is CS(=O)(=O)c1ccc(OCCCC(=O)N(Cc2c(F)cccc2Cl)C2CC2)cc1. The smallest absolute Gasteiger partial charge is 0.223 e. The van der Waals surface area contributed by atoms with Crippen LogP contribution in [0.3, 0.4) is 0 Å². The van der Waals surface area contributed by atoms with Crippen LogP contribution in [0.1, 0.15) is 31.2 Å². The average Bonchev–Trinajstić information content (AvgIpc) is 3.49. The van der Waals surface area contributed by atoms with Crippen LogP contribution < -0.4 is 4.74 Å². The van der Waals surface area contributed by atoms with Crippen molar-refractivity contribution in [1.29, 1.82) is 0 Å². The van der Waals surface area contributed by atoms with Gasteiger partial charge in [-0.3, -0.25) is 4.79 Å². The van der Waals surface area contributed by atoms with E-state index < -0.39 is 15.7 Å². The maximum atomic E-state index is 14.1. The summed E-state index contributed by atoms with van der Waals surface area (Å²) in [4.78, 5) is 14.6. The monoisotopic (exact) mass is 439 g/mol. The van der Waals surface area contributed by atoms with E-state index in [9.17, 15) is 17.6 Å². The Hall–Kier alpha value is -2.12. The number of halogens is 2. The van der Waals surface area contributed by atoms with Crippen molar-refractivity contribution >= 4 is 27.3 Å². The number of amides is 1. The first kappa shape index (κ1) is 21.6. The molecule has 1 amide bonds. The number of rotatable bonds is 9. The Morgan fingerprint density at radius 3 is 2.48 bits per heavy atom. The van der Waals surface area contributed by atoms with Gasteiger partial charge in [0.25, 0.3) is 0 Å². The van der Waals surface area contributed by atoms with E-state index in [4.69, 9.17) is 16.3 Å². The van der Waals surface area contributed by atoms with Gasteiger partial charge in [0.05, 0.1) is 18.0 Å². The van der Waals surface area contributed by atoms with E-state index >= 15 is 0 Å². The van der Waals surface area contributed by atoms with E-state index in [1.54, 1.807) is 29.2 Å². The van der Waals surface area contributed by atoms with Gasteiger partial charge in [-0.15, -0.1) is 0 Å². The summed E-state index contributed by atoms with van der Waals surface area (Å²) in [6, 6.07) is 10.8. The van der Waals surface area contributed by atoms with Crippen LogP contribution in [-0.4, -0.2) is 38.1 Å². The number of benzene rings is 2. The van der Waals surface area contributed by atoms with Gasteiger partial charge < -0.3 is 9.64 Å². The van der Waals surface area contributed by atoms with Gasteiger partial charge in [0.1, 0.15) is 11.6 Å². The Morgan fingerprint density at radius 1 is 1.21 bits per heavy atom. The molecule has 0 radical (unpaired) electrons. The van der Waals surface area contributed by atoms with Gasteiger partial charge in [-0.2, -0.15) is 0 Å². The van der Waals surface area contributed by atoms with Crippen LogP contribution in [0.25, 0.3) is 0 Å². The van der Waals surface area contributed by atoms with Crippen molar-refractivity contribution < 1.29 is 22.3 Å². The first-order valence-electron chi connectivity index (χ1n) is 9.41. The van der Waals surface area contributed by atoms with Crippen molar-refractivity contribution in [2.24, 2.45) is 0 Å². The van der Waals surface area contributed by atoms with Crippen molar-refractivity contribution in [1.82, 2.24) is 4.90 Å². The molecule has 1 aliphatic carbocycles. The fraction of sp³-hybridized carbons (Fsp3) is 0.381. The van der Waals surface area contributed by atoms with Crippen molar-refractivity contribution in [3.8, 4) is 5.75 Å². The van der Waals surface area contributed by atoms with Crippen LogP contribution in [0.5, 0.6) is 5.75 Å². The highest BCUT2D eigenvalue weighted by Crippen LogP contribution is 2.31. The maximum absolute atomic E-state index is 14.1. The standard InChI is InChI=1S/C21H23ClFNO4S/c1-29(26,27)17-11-9-16(10-12-17)28-13-3-6-21(25)24(15-7-8-15)14-18-19(22)4-2-5-20(18)23/h2,4-5,9-12,15H,3,6-8,13-14H2,1H3. The molecular weight excluding hydrogens is 417 g/mol. The molecule has 1 aliphatic rings. The highest BCUT2D eigenvalue weighted by Gasteiger charge is 2.33. The van der Waals surface area contributed by atoms with Crippen LogP contribution in [0.4, 0.5) is 4.39 Å². The molecule has 0 N–H and O–H groups in total. The number of hydrogen-bond donors (Lipinski definition) is 0. The molecule has 156 valence electrons. The summed E-state index contributed by atoms with van der Waals surface area (Å²) in [5, 5.41) is 0.323. The third kappa shape index (κ3) is 5.93. The quantitative estimate of drug-likeness (QED) is 0.548. The van der Waals surface area contributed by atoms with Gasteiger partial charge in [0.2, 0.25) is 5.91 Å². The third-order valence-electron chi connectivity index (χ3n) is 4.75. The summed E-state index contributed by atoms with van der Waals surface area (Å²) >= 11 is 6.10. The molecule has 0 bridgehead atoms. The highest BCUT2D eigenvalue weighted by atomic mass is 35.5. The fourth-order valence-corrected chi connectivity index (χ4v) is 3.85. The zero-order valence-electron chi connectivity index (χ0n) is 16.1. The van der Waals surface area contributed by atoms with Crippen molar-refractivity contribution in [2.45, 2.75) is 43.2 Å². The summed E-state index contributed by atoms with van der Waals surface area (Å²) < 4.78 is 42.6. The molecule has 0 saturated heterocycles. The summed E-state index contributed by atoms with van der Waals surface area (Å²) in [6.45, 7) is 0.492. The van der Waals surface area contributed by atoms with E-state index in [2.05, 4.69) is 0 Å². The van der Waals surface area contributed by atoms with Crippen LogP contribution in [-0.2, 0) is 21.2 Å². The van der Waals surface area contributed by atoms with E-state index in [0.717, 1.165) is 19.1 Å². The molecule has 2 aromatic carbocycles. The molecule has 5 nitrogen and oxygen atoms in total. The molecule has 0 aromatic heterocycles. The molecule has 3 rings (SSSR count). The largest absolute Gasteiger partial charge is 0.494 e. The number of carbonyl (C=O) groups excluding carboxylic acids is 1. The van der Waals surface area contributed by atoms with Crippen LogP contribution in [0.2, 0.25) is 5.02 Å². The molecule has 0 aliphatic heterocycles. The molecule has 0 heterocycles. The number of carbonyl (C=O) groups is 1. The molecule has 2 aromatic rings. The van der Waals surface area contributed by atoms with E-state index in [1.807, 2.05) is 0 Å². The second kappa shape index (κ2) is 9.13. The van der Waals surface area contributed by atoms with Crippen molar-refractivity contribution in [2.75, 3.05) is 12.9 Å². The minimum Gasteiger partial charge on any atom is -0.494 e. The van der Waals surface area contributed by atoms with Gasteiger partial charge in [0, 0.05) is 29.3 Å². The molecular formula is C21H23ClFNO4S.